The van der Waals surface area contributed by atoms with E-state index < -0.39 is 0 Å². The molecule has 1 aliphatic heterocycles. The van der Waals surface area contributed by atoms with Gasteiger partial charge in [0.15, 0.2) is 5.79 Å². The van der Waals surface area contributed by atoms with Crippen molar-refractivity contribution in [2.45, 2.75) is 44.8 Å². The van der Waals surface area contributed by atoms with Crippen LogP contribution in [0.4, 0.5) is 0 Å². The molecule has 1 saturated heterocycles. The van der Waals surface area contributed by atoms with Crippen LogP contribution in [0.25, 0.3) is 0 Å². The lowest BCUT2D eigenvalue weighted by Gasteiger charge is -2.41. The van der Waals surface area contributed by atoms with E-state index in [-0.39, 0.29) is 5.79 Å². The zero-order valence-corrected chi connectivity index (χ0v) is 7.84. The van der Waals surface area contributed by atoms with Crippen LogP contribution in [0, 0.1) is 5.92 Å². The molecule has 0 unspecified atom stereocenters. The van der Waals surface area contributed by atoms with Gasteiger partial charge in [-0.2, -0.15) is 0 Å². The summed E-state index contributed by atoms with van der Waals surface area (Å²) in [5.41, 5.74) is 0. The molecule has 2 fully saturated rings. The van der Waals surface area contributed by atoms with E-state index in [0.29, 0.717) is 5.92 Å². The summed E-state index contributed by atoms with van der Waals surface area (Å²) in [5.74, 6) is 0.419. The maximum absolute atomic E-state index is 5.80. The number of ether oxygens (including phenoxy) is 2. The number of rotatable bonds is 0. The highest BCUT2D eigenvalue weighted by Crippen LogP contribution is 2.35. The van der Waals surface area contributed by atoms with E-state index in [1.807, 2.05) is 0 Å². The fraction of sp³-hybridized carbons (Fsp3) is 1.00. The van der Waals surface area contributed by atoms with Gasteiger partial charge in [0, 0.05) is 18.8 Å². The molecule has 0 atom stereocenters. The molecule has 12 heavy (non-hydrogen) atoms. The van der Waals surface area contributed by atoms with Crippen LogP contribution < -0.4 is 0 Å². The first-order valence-corrected chi connectivity index (χ1v) is 5.09. The number of hydrogen-bond acceptors (Lipinski definition) is 2. The van der Waals surface area contributed by atoms with Crippen molar-refractivity contribution in [3.05, 3.63) is 0 Å². The number of hydrogen-bond donors (Lipinski definition) is 0. The molecule has 0 amide bonds. The maximum atomic E-state index is 5.80. The summed E-state index contributed by atoms with van der Waals surface area (Å²) in [4.78, 5) is 0. The van der Waals surface area contributed by atoms with Crippen LogP contribution >= 0.6 is 0 Å². The lowest BCUT2D eigenvalue weighted by atomic mass is 9.93. The van der Waals surface area contributed by atoms with E-state index in [9.17, 15) is 0 Å². The highest BCUT2D eigenvalue weighted by atomic mass is 16.7. The molecule has 0 radical (unpaired) electrons. The van der Waals surface area contributed by atoms with Crippen LogP contribution in [0.1, 0.15) is 39.0 Å². The highest BCUT2D eigenvalue weighted by molar-refractivity contribution is 4.78. The van der Waals surface area contributed by atoms with Gasteiger partial charge in [-0.25, -0.2) is 0 Å². The van der Waals surface area contributed by atoms with Crippen molar-refractivity contribution in [3.63, 3.8) is 0 Å². The first kappa shape index (κ1) is 8.52. The second kappa shape index (κ2) is 3.35. The van der Waals surface area contributed by atoms with Crippen molar-refractivity contribution in [2.75, 3.05) is 13.2 Å². The molecule has 2 heteroatoms. The van der Waals surface area contributed by atoms with Crippen molar-refractivity contribution in [3.8, 4) is 0 Å². The van der Waals surface area contributed by atoms with Gasteiger partial charge in [0.25, 0.3) is 0 Å². The van der Waals surface area contributed by atoms with Gasteiger partial charge in [-0.05, 0) is 12.8 Å². The third-order valence-corrected chi connectivity index (χ3v) is 2.88. The average Bonchev–Trinajstić information content (AvgIpc) is 2.13. The Morgan fingerprint density at radius 2 is 1.58 bits per heavy atom. The summed E-state index contributed by atoms with van der Waals surface area (Å²) >= 11 is 0. The smallest absolute Gasteiger partial charge is 0.168 e. The van der Waals surface area contributed by atoms with Crippen LogP contribution in [-0.4, -0.2) is 19.0 Å². The molecule has 1 spiro atoms. The zero-order valence-electron chi connectivity index (χ0n) is 7.84. The van der Waals surface area contributed by atoms with Gasteiger partial charge in [-0.15, -0.1) is 0 Å². The molecule has 1 aliphatic carbocycles. The molecule has 0 aromatic rings. The van der Waals surface area contributed by atoms with E-state index in [1.165, 1.54) is 19.3 Å². The summed E-state index contributed by atoms with van der Waals surface area (Å²) in [7, 11) is 0. The lowest BCUT2D eigenvalue weighted by Crippen LogP contribution is -2.44. The fourth-order valence-electron chi connectivity index (χ4n) is 2.06. The van der Waals surface area contributed by atoms with Crippen molar-refractivity contribution in [1.29, 1.82) is 0 Å². The normalized spacial score (nSPS) is 30.8. The van der Waals surface area contributed by atoms with Gasteiger partial charge in [-0.1, -0.05) is 13.3 Å². The Morgan fingerprint density at radius 1 is 1.00 bits per heavy atom. The van der Waals surface area contributed by atoms with Crippen molar-refractivity contribution in [2.24, 2.45) is 5.92 Å². The molecule has 2 nitrogen and oxygen atoms in total. The Morgan fingerprint density at radius 3 is 2.17 bits per heavy atom. The van der Waals surface area contributed by atoms with Crippen LogP contribution in [0.5, 0.6) is 0 Å². The molecule has 1 saturated carbocycles. The van der Waals surface area contributed by atoms with E-state index in [2.05, 4.69) is 6.92 Å². The molecule has 0 aromatic heterocycles. The van der Waals surface area contributed by atoms with Crippen LogP contribution in [0.15, 0.2) is 0 Å². The minimum absolute atomic E-state index is 0.162. The summed E-state index contributed by atoms with van der Waals surface area (Å²) in [6, 6.07) is 0. The van der Waals surface area contributed by atoms with Gasteiger partial charge in [0.2, 0.25) is 0 Å². The summed E-state index contributed by atoms with van der Waals surface area (Å²) < 4.78 is 11.6. The molecule has 0 bridgehead atoms. The molecule has 0 N–H and O–H groups in total. The third kappa shape index (κ3) is 1.64. The van der Waals surface area contributed by atoms with E-state index >= 15 is 0 Å². The quantitative estimate of drug-likeness (QED) is 0.555. The van der Waals surface area contributed by atoms with Crippen molar-refractivity contribution in [1.82, 2.24) is 0 Å². The first-order valence-electron chi connectivity index (χ1n) is 5.09. The Balaban J connectivity index is 1.92. The highest BCUT2D eigenvalue weighted by Gasteiger charge is 2.37. The largest absolute Gasteiger partial charge is 0.350 e. The molecular formula is C10H18O2. The second-order valence-corrected chi connectivity index (χ2v) is 4.20. The Kier molecular flexibility index (Phi) is 2.37. The summed E-state index contributed by atoms with van der Waals surface area (Å²) in [5, 5.41) is 0. The Hall–Kier alpha value is -0.0800. The first-order chi connectivity index (χ1) is 5.81. The van der Waals surface area contributed by atoms with E-state index in [1.54, 1.807) is 0 Å². The fourth-order valence-corrected chi connectivity index (χ4v) is 2.06. The third-order valence-electron chi connectivity index (χ3n) is 2.88. The average molecular weight is 170 g/mol. The van der Waals surface area contributed by atoms with Gasteiger partial charge in [-0.3, -0.25) is 0 Å². The van der Waals surface area contributed by atoms with Gasteiger partial charge in [0.1, 0.15) is 0 Å². The molecule has 2 aliphatic rings. The second-order valence-electron chi connectivity index (χ2n) is 4.20. The monoisotopic (exact) mass is 170 g/mol. The van der Waals surface area contributed by atoms with Gasteiger partial charge < -0.3 is 9.47 Å². The Labute approximate surface area is 74.2 Å². The standard InChI is InChI=1S/C10H18O2/c1-9-7-11-10(12-8-9)5-3-2-4-6-10/h9H,2-8H2,1H3. The summed E-state index contributed by atoms with van der Waals surface area (Å²) in [6.07, 6.45) is 6.12. The maximum Gasteiger partial charge on any atom is 0.168 e. The van der Waals surface area contributed by atoms with Crippen molar-refractivity contribution >= 4 is 0 Å². The minimum atomic E-state index is -0.162. The van der Waals surface area contributed by atoms with Crippen molar-refractivity contribution < 1.29 is 9.47 Å². The molecular weight excluding hydrogens is 152 g/mol. The van der Waals surface area contributed by atoms with Crippen LogP contribution in [-0.2, 0) is 9.47 Å². The zero-order chi connectivity index (χ0) is 8.44. The topological polar surface area (TPSA) is 18.5 Å². The Bertz CT molecular complexity index is 140. The van der Waals surface area contributed by atoms with E-state index in [0.717, 1.165) is 26.1 Å². The lowest BCUT2D eigenvalue weighted by molar-refractivity contribution is -0.293. The molecule has 2 rings (SSSR count). The molecule has 1 heterocycles. The van der Waals surface area contributed by atoms with Crippen LogP contribution in [0.2, 0.25) is 0 Å². The summed E-state index contributed by atoms with van der Waals surface area (Å²) in [6.45, 7) is 3.95. The van der Waals surface area contributed by atoms with Gasteiger partial charge >= 0.3 is 0 Å². The van der Waals surface area contributed by atoms with E-state index in [4.69, 9.17) is 9.47 Å². The van der Waals surface area contributed by atoms with Gasteiger partial charge in [0.05, 0.1) is 13.2 Å². The SMILES string of the molecule is CC1COC2(CCCCC2)OC1. The predicted octanol–water partition coefficient (Wildman–Crippen LogP) is 2.33. The molecule has 0 aromatic carbocycles. The molecule has 70 valence electrons. The minimum Gasteiger partial charge on any atom is -0.350 e. The predicted molar refractivity (Wildman–Crippen MR) is 46.9 cm³/mol. The van der Waals surface area contributed by atoms with Crippen LogP contribution in [0.3, 0.4) is 0 Å².